The molecule has 0 unspecified atom stereocenters. The molecule has 0 atom stereocenters. The van der Waals surface area contributed by atoms with Crippen LogP contribution in [0.2, 0.25) is 0 Å². The van der Waals surface area contributed by atoms with E-state index in [0.29, 0.717) is 0 Å². The Kier molecular flexibility index (Phi) is 4.32. The summed E-state index contributed by atoms with van der Waals surface area (Å²) in [5.41, 5.74) is 5.62. The highest BCUT2D eigenvalue weighted by molar-refractivity contribution is 7.18. The number of thiophene rings is 1. The molecule has 6 rings (SSSR count). The fraction of sp³-hybridized carbons (Fsp3) is 0.231. The smallest absolute Gasteiger partial charge is 0.282 e. The number of ether oxygens (including phenoxy) is 1. The number of fused-ring (bicyclic) bond motifs is 6. The SMILES string of the molecule is COc1ccc(/C=C2\c3ccccc3Cn3c2nc(=O)c2c4c(sc23)CCCC4)cc1. The number of benzene rings is 2. The van der Waals surface area contributed by atoms with Crippen molar-refractivity contribution in [2.24, 2.45) is 0 Å². The average molecular weight is 427 g/mol. The highest BCUT2D eigenvalue weighted by atomic mass is 32.1. The molecule has 5 heteroatoms. The van der Waals surface area contributed by atoms with Gasteiger partial charge in [-0.1, -0.05) is 36.4 Å². The van der Waals surface area contributed by atoms with Crippen molar-refractivity contribution >= 4 is 33.2 Å². The third-order valence-corrected chi connectivity index (χ3v) is 7.69. The van der Waals surface area contributed by atoms with E-state index in [-0.39, 0.29) is 5.56 Å². The second-order valence-electron chi connectivity index (χ2n) is 8.21. The highest BCUT2D eigenvalue weighted by Gasteiger charge is 2.27. The molecule has 154 valence electrons. The Hall–Kier alpha value is -3.18. The topological polar surface area (TPSA) is 44.1 Å². The maximum Gasteiger partial charge on any atom is 0.282 e. The lowest BCUT2D eigenvalue weighted by molar-refractivity contribution is 0.415. The molecule has 1 aliphatic heterocycles. The van der Waals surface area contributed by atoms with Crippen LogP contribution in [0.3, 0.4) is 0 Å². The lowest BCUT2D eigenvalue weighted by Gasteiger charge is -2.24. The van der Waals surface area contributed by atoms with E-state index in [4.69, 9.17) is 4.74 Å². The summed E-state index contributed by atoms with van der Waals surface area (Å²) in [7, 11) is 1.67. The van der Waals surface area contributed by atoms with Crippen molar-refractivity contribution in [1.29, 1.82) is 0 Å². The zero-order chi connectivity index (χ0) is 20.9. The summed E-state index contributed by atoms with van der Waals surface area (Å²) in [4.78, 5) is 20.3. The summed E-state index contributed by atoms with van der Waals surface area (Å²) in [5, 5.41) is 0.853. The summed E-state index contributed by atoms with van der Waals surface area (Å²) in [6.45, 7) is 0.745. The van der Waals surface area contributed by atoms with Crippen molar-refractivity contribution in [2.45, 2.75) is 32.2 Å². The lowest BCUT2D eigenvalue weighted by atomic mass is 9.93. The van der Waals surface area contributed by atoms with Gasteiger partial charge in [0.25, 0.3) is 5.56 Å². The number of aryl methyl sites for hydroxylation is 2. The summed E-state index contributed by atoms with van der Waals surface area (Å²) in [6.07, 6.45) is 6.58. The first-order valence-corrected chi connectivity index (χ1v) is 11.5. The van der Waals surface area contributed by atoms with Gasteiger partial charge in [0, 0.05) is 10.5 Å². The molecule has 4 aromatic rings. The van der Waals surface area contributed by atoms with Crippen molar-refractivity contribution in [3.05, 3.63) is 91.8 Å². The first-order valence-electron chi connectivity index (χ1n) is 10.7. The van der Waals surface area contributed by atoms with Crippen molar-refractivity contribution in [1.82, 2.24) is 9.55 Å². The zero-order valence-corrected chi connectivity index (χ0v) is 18.2. The molecule has 0 amide bonds. The van der Waals surface area contributed by atoms with E-state index in [0.717, 1.165) is 64.3 Å². The van der Waals surface area contributed by atoms with Crippen LogP contribution in [0.4, 0.5) is 0 Å². The monoisotopic (exact) mass is 426 g/mol. The van der Waals surface area contributed by atoms with Crippen LogP contribution in [0.25, 0.3) is 21.9 Å². The fourth-order valence-corrected chi connectivity index (χ4v) is 6.22. The van der Waals surface area contributed by atoms with Gasteiger partial charge in [-0.25, -0.2) is 0 Å². The van der Waals surface area contributed by atoms with Gasteiger partial charge in [0.1, 0.15) is 16.4 Å². The number of hydrogen-bond acceptors (Lipinski definition) is 4. The largest absolute Gasteiger partial charge is 0.497 e. The van der Waals surface area contributed by atoms with Gasteiger partial charge in [-0.15, -0.1) is 11.3 Å². The molecule has 1 aliphatic carbocycles. The Morgan fingerprint density at radius 1 is 1.06 bits per heavy atom. The molecule has 2 aromatic carbocycles. The summed E-state index contributed by atoms with van der Waals surface area (Å²) < 4.78 is 7.56. The Morgan fingerprint density at radius 2 is 1.87 bits per heavy atom. The molecule has 2 aromatic heterocycles. The Morgan fingerprint density at radius 3 is 2.71 bits per heavy atom. The minimum Gasteiger partial charge on any atom is -0.497 e. The maximum absolute atomic E-state index is 13.2. The molecule has 0 N–H and O–H groups in total. The molecule has 0 saturated heterocycles. The average Bonchev–Trinajstić information content (AvgIpc) is 3.21. The molecule has 0 bridgehead atoms. The zero-order valence-electron chi connectivity index (χ0n) is 17.4. The standard InChI is InChI=1S/C26H22N2O2S/c1-30-18-12-10-16(11-13-18)14-21-19-7-3-2-6-17(19)15-28-24(21)27-25(29)23-20-8-4-5-9-22(20)31-26(23)28/h2-3,6-7,10-14H,4-5,8-9,15H2,1H3/b21-14+. The van der Waals surface area contributed by atoms with Gasteiger partial charge in [-0.3, -0.25) is 4.79 Å². The van der Waals surface area contributed by atoms with Crippen molar-refractivity contribution < 1.29 is 4.74 Å². The van der Waals surface area contributed by atoms with Gasteiger partial charge in [0.05, 0.1) is 19.0 Å². The van der Waals surface area contributed by atoms with E-state index in [2.05, 4.69) is 39.9 Å². The molecule has 31 heavy (non-hydrogen) atoms. The van der Waals surface area contributed by atoms with E-state index >= 15 is 0 Å². The van der Waals surface area contributed by atoms with Crippen LogP contribution in [0.1, 0.15) is 45.8 Å². The summed E-state index contributed by atoms with van der Waals surface area (Å²) >= 11 is 1.80. The molecule has 3 heterocycles. The maximum atomic E-state index is 13.2. The second-order valence-corrected chi connectivity index (χ2v) is 9.29. The Bertz CT molecular complexity index is 1410. The first-order chi connectivity index (χ1) is 15.2. The third kappa shape index (κ3) is 2.95. The van der Waals surface area contributed by atoms with E-state index in [1.165, 1.54) is 22.4 Å². The van der Waals surface area contributed by atoms with E-state index < -0.39 is 0 Å². The molecule has 4 nitrogen and oxygen atoms in total. The minimum absolute atomic E-state index is 0.0827. The van der Waals surface area contributed by atoms with Gasteiger partial charge in [-0.05, 0) is 66.1 Å². The van der Waals surface area contributed by atoms with Crippen LogP contribution in [-0.4, -0.2) is 16.7 Å². The lowest BCUT2D eigenvalue weighted by Crippen LogP contribution is -2.23. The molecule has 0 spiro atoms. The molecular weight excluding hydrogens is 404 g/mol. The molecular formula is C26H22N2O2S. The quantitative estimate of drug-likeness (QED) is 0.385. The number of aromatic nitrogens is 2. The van der Waals surface area contributed by atoms with Crippen molar-refractivity contribution in [2.75, 3.05) is 7.11 Å². The molecule has 0 saturated carbocycles. The fourth-order valence-electron chi connectivity index (χ4n) is 4.84. The number of methoxy groups -OCH3 is 1. The van der Waals surface area contributed by atoms with Gasteiger partial charge in [-0.2, -0.15) is 4.98 Å². The predicted molar refractivity (Wildman–Crippen MR) is 126 cm³/mol. The Labute approximate surface area is 184 Å². The number of hydrogen-bond donors (Lipinski definition) is 0. The van der Waals surface area contributed by atoms with Gasteiger partial charge in [0.15, 0.2) is 0 Å². The van der Waals surface area contributed by atoms with Gasteiger partial charge in [0.2, 0.25) is 0 Å². The van der Waals surface area contributed by atoms with Crippen LogP contribution in [0, 0.1) is 0 Å². The van der Waals surface area contributed by atoms with Gasteiger partial charge < -0.3 is 9.30 Å². The van der Waals surface area contributed by atoms with Crippen LogP contribution in [0.5, 0.6) is 5.75 Å². The van der Waals surface area contributed by atoms with E-state index in [9.17, 15) is 4.79 Å². The van der Waals surface area contributed by atoms with Crippen LogP contribution < -0.4 is 10.3 Å². The Balaban J connectivity index is 1.62. The molecule has 2 aliphatic rings. The first kappa shape index (κ1) is 18.6. The number of rotatable bonds is 2. The van der Waals surface area contributed by atoms with E-state index in [1.807, 2.05) is 24.3 Å². The number of nitrogens with zero attached hydrogens (tertiary/aromatic N) is 2. The van der Waals surface area contributed by atoms with Crippen molar-refractivity contribution in [3.63, 3.8) is 0 Å². The second kappa shape index (κ2) is 7.20. The minimum atomic E-state index is -0.0827. The molecule has 0 fully saturated rings. The predicted octanol–water partition coefficient (Wildman–Crippen LogP) is 5.30. The van der Waals surface area contributed by atoms with E-state index in [1.54, 1.807) is 18.4 Å². The summed E-state index contributed by atoms with van der Waals surface area (Å²) in [5.74, 6) is 1.59. The normalized spacial score (nSPS) is 16.1. The van der Waals surface area contributed by atoms with Crippen LogP contribution in [0.15, 0.2) is 53.3 Å². The van der Waals surface area contributed by atoms with Crippen molar-refractivity contribution in [3.8, 4) is 5.75 Å². The molecule has 0 radical (unpaired) electrons. The van der Waals surface area contributed by atoms with Crippen LogP contribution in [-0.2, 0) is 19.4 Å². The van der Waals surface area contributed by atoms with Gasteiger partial charge >= 0.3 is 0 Å². The third-order valence-electron chi connectivity index (χ3n) is 6.38. The highest BCUT2D eigenvalue weighted by Crippen LogP contribution is 2.39. The van der Waals surface area contributed by atoms with Crippen LogP contribution >= 0.6 is 11.3 Å². The summed E-state index contributed by atoms with van der Waals surface area (Å²) in [6, 6.07) is 16.4.